The Morgan fingerprint density at radius 1 is 0.574 bits per heavy atom. The number of cyclic esters (lactones) is 2. The van der Waals surface area contributed by atoms with E-state index in [1.807, 2.05) is 0 Å². The number of likely N-dealkylation sites (N-methyl/N-ethyl adjacent to an activating group) is 4. The molecule has 2 saturated heterocycles. The van der Waals surface area contributed by atoms with E-state index in [0.717, 1.165) is 28.0 Å². The molecular formula is C86H106N10O26. The van der Waals surface area contributed by atoms with E-state index in [1.54, 1.807) is 62.3 Å². The lowest BCUT2D eigenvalue weighted by molar-refractivity contribution is -0.163. The molecular weight excluding hydrogens is 1590 g/mol. The van der Waals surface area contributed by atoms with Crippen LogP contribution in [0.4, 0.5) is 5.69 Å². The zero-order chi connectivity index (χ0) is 90.1. The number of anilines is 1. The number of amides is 8. The lowest BCUT2D eigenvalue weighted by Gasteiger charge is -2.35. The second-order valence-corrected chi connectivity index (χ2v) is 33.5. The molecule has 4 aromatic rings. The van der Waals surface area contributed by atoms with Crippen LogP contribution >= 0.6 is 0 Å². The van der Waals surface area contributed by atoms with Gasteiger partial charge in [-0.25, -0.2) is 19.4 Å². The standard InChI is InChI=1S/C64H88N10O16.C22H18O10/c1-27(2)44-53(78)35-19-17-21-37(35)61(84)71(13)25-40(75)73(15)50(29(5)6)63(86)88-33(11)46(59(82)67-44)69-57(80)39-24-23-31(9)55-48(39)66-49-42(43(65)52(77)32(10)56(49)90-55)58(81)70-47-34(12)89-64(87)51(30(7)8)74(16)41(76)26-72(14)62(85)38-22-18-20-36(38)54(79)45(28(3)4)68-60(47)83;23-11-6-14(25)12-8-19(32-22(30)10-4-16(27)20(29)17(28)5-10)21(31-18(12)7-11)9-1-2-13(24)15(26)3-9/h23-24,27-30,33-38,44-47,50-51H,17-22,25-26,65H2,1-16H3,(H,67,82)(H,68,83)(H,69,80)(H,70,81);1-7,19,21,23-29H,8H2. The number of nitrogens with one attached hydrogen (secondary N) is 4. The second kappa shape index (κ2) is 37.1. The molecule has 14 unspecified atom stereocenters. The number of phenols is 7. The Hall–Kier alpha value is -12.8. The minimum atomic E-state index is -1.86. The predicted molar refractivity (Wildman–Crippen MR) is 435 cm³/mol. The molecule has 11 rings (SSSR count). The third-order valence-corrected chi connectivity index (χ3v) is 23.4. The van der Waals surface area contributed by atoms with Gasteiger partial charge in [0.25, 0.3) is 11.8 Å². The van der Waals surface area contributed by atoms with Gasteiger partial charge in [-0.2, -0.15) is 0 Å². The van der Waals surface area contributed by atoms with Gasteiger partial charge in [0.15, 0.2) is 57.8 Å². The maximum Gasteiger partial charge on any atom is 0.338 e. The number of nitrogens with two attached hydrogens (primary N) is 1. The molecule has 0 radical (unpaired) electrons. The number of benzene rings is 5. The van der Waals surface area contributed by atoms with Gasteiger partial charge >= 0.3 is 17.9 Å². The lowest BCUT2D eigenvalue weighted by atomic mass is 9.83. The molecule has 3 aliphatic carbocycles. The summed E-state index contributed by atoms with van der Waals surface area (Å²) >= 11 is 0. The lowest BCUT2D eigenvalue weighted by Crippen LogP contribution is -2.59. The molecule has 36 nitrogen and oxygen atoms in total. The number of hydrogen-bond donors (Lipinski definition) is 12. The summed E-state index contributed by atoms with van der Waals surface area (Å²) in [7, 11) is 5.66. The first-order valence-electron chi connectivity index (χ1n) is 40.3. The molecule has 4 aromatic carbocycles. The number of aromatic hydroxyl groups is 7. The Bertz CT molecular complexity index is 5170. The molecule has 14 atom stereocenters. The van der Waals surface area contributed by atoms with Crippen molar-refractivity contribution in [3.63, 3.8) is 0 Å². The van der Waals surface area contributed by atoms with Crippen LogP contribution in [0.2, 0.25) is 0 Å². The highest BCUT2D eigenvalue weighted by molar-refractivity contribution is 6.11. The number of aromatic nitrogens is 1. The number of carbonyl (C=O) groups excluding carboxylic acids is 13. The summed E-state index contributed by atoms with van der Waals surface area (Å²) in [6.07, 6.45) is -2.78. The van der Waals surface area contributed by atoms with Gasteiger partial charge in [0, 0.05) is 87.1 Å². The molecule has 4 fully saturated rings. The van der Waals surface area contributed by atoms with Crippen molar-refractivity contribution in [3.05, 3.63) is 104 Å². The van der Waals surface area contributed by atoms with Crippen molar-refractivity contribution in [2.45, 2.75) is 189 Å². The third-order valence-electron chi connectivity index (χ3n) is 23.4. The van der Waals surface area contributed by atoms with Gasteiger partial charge in [-0.15, -0.1) is 0 Å². The molecule has 13 N–H and O–H groups in total. The first-order valence-corrected chi connectivity index (χ1v) is 40.3. The van der Waals surface area contributed by atoms with Crippen LogP contribution in [-0.4, -0.2) is 233 Å². The molecule has 0 bridgehead atoms. The van der Waals surface area contributed by atoms with Crippen LogP contribution in [0.15, 0.2) is 63.8 Å². The molecule has 0 spiro atoms. The van der Waals surface area contributed by atoms with Gasteiger partial charge in [-0.05, 0) is 113 Å². The van der Waals surface area contributed by atoms with Gasteiger partial charge in [0.2, 0.25) is 40.9 Å². The van der Waals surface area contributed by atoms with Crippen LogP contribution in [0.1, 0.15) is 167 Å². The molecule has 656 valence electrons. The van der Waals surface area contributed by atoms with Crippen molar-refractivity contribution in [3.8, 4) is 57.5 Å². The number of ketones is 2. The summed E-state index contributed by atoms with van der Waals surface area (Å²) in [5.41, 5.74) is 3.99. The Balaban J connectivity index is 0.000000404. The van der Waals surface area contributed by atoms with Crippen molar-refractivity contribution in [2.24, 2.45) is 47.3 Å². The number of phenolic OH excluding ortho intramolecular Hbond substituents is 7. The Morgan fingerprint density at radius 3 is 1.53 bits per heavy atom. The summed E-state index contributed by atoms with van der Waals surface area (Å²) in [6, 6.07) is 2.35. The highest BCUT2D eigenvalue weighted by Crippen LogP contribution is 2.46. The average molecular weight is 1700 g/mol. The molecule has 7 aliphatic rings. The monoisotopic (exact) mass is 1690 g/mol. The number of esters is 3. The number of aryl methyl sites for hydroxylation is 1. The maximum atomic E-state index is 15.2. The summed E-state index contributed by atoms with van der Waals surface area (Å²) in [4.78, 5) is 210. The van der Waals surface area contributed by atoms with E-state index in [2.05, 4.69) is 21.3 Å². The summed E-state index contributed by atoms with van der Waals surface area (Å²) in [6.45, 7) is 18.3. The van der Waals surface area contributed by atoms with Crippen LogP contribution < -0.4 is 37.2 Å². The molecule has 4 heterocycles. The molecule has 36 heteroatoms. The average Bonchev–Trinajstić information content (AvgIpc) is 0.875. The number of ether oxygens (including phenoxy) is 4. The fourth-order valence-corrected chi connectivity index (χ4v) is 16.6. The quantitative estimate of drug-likeness (QED) is 0.0259. The van der Waals surface area contributed by atoms with Crippen LogP contribution in [0.25, 0.3) is 22.6 Å². The van der Waals surface area contributed by atoms with E-state index in [9.17, 15) is 93.3 Å². The number of Topliss-reactive ketones (excluding diaryl/α,β-unsaturated/α-hetero) is 2. The Morgan fingerprint density at radius 2 is 1.06 bits per heavy atom. The number of rotatable bonds is 11. The topological polar surface area (TPSA) is 531 Å². The van der Waals surface area contributed by atoms with Gasteiger partial charge in [0.1, 0.15) is 70.9 Å². The van der Waals surface area contributed by atoms with Gasteiger partial charge in [0.05, 0.1) is 47.6 Å². The van der Waals surface area contributed by atoms with Crippen molar-refractivity contribution in [1.82, 2.24) is 45.9 Å². The van der Waals surface area contributed by atoms with E-state index in [1.165, 1.54) is 95.2 Å². The van der Waals surface area contributed by atoms with Gasteiger partial charge in [-0.3, -0.25) is 52.7 Å². The van der Waals surface area contributed by atoms with E-state index >= 15 is 9.59 Å². The van der Waals surface area contributed by atoms with E-state index in [4.69, 9.17) is 34.1 Å². The third kappa shape index (κ3) is 18.9. The Kier molecular flexibility index (Phi) is 27.8. The smallest absolute Gasteiger partial charge is 0.338 e. The number of fused-ring (bicyclic) bond motifs is 5. The van der Waals surface area contributed by atoms with Crippen molar-refractivity contribution < 1.29 is 121 Å². The van der Waals surface area contributed by atoms with E-state index in [0.29, 0.717) is 49.7 Å². The van der Waals surface area contributed by atoms with Gasteiger partial charge < -0.3 is 106 Å². The Labute approximate surface area is 702 Å². The van der Waals surface area contributed by atoms with Crippen LogP contribution in [0, 0.1) is 61.2 Å². The zero-order valence-electron chi connectivity index (χ0n) is 70.7. The van der Waals surface area contributed by atoms with Crippen LogP contribution in [0.5, 0.6) is 46.0 Å². The zero-order valence-corrected chi connectivity index (χ0v) is 70.7. The normalized spacial score (nSPS) is 25.0. The first-order chi connectivity index (χ1) is 57.2. The fourth-order valence-electron chi connectivity index (χ4n) is 16.6. The largest absolute Gasteiger partial charge is 0.508 e. The SMILES string of the molecule is Cc1c2oc3c(C)ccc(C(=O)NC4C(=O)NC(C(C)C)C(=O)C5CCCC5C(=O)N(C)CC(=O)N(C)C(C(C)C)C(=O)OC4C)c3nc-2c(C(=O)NC2C(=O)NC(C(C)C)C(=O)C3CCCC3C(=O)N(C)CC(=O)N(C)C(C(C)C)C(=O)OC2C)c(N)c1=O.O=C(OC1Cc2c(O)cc(O)cc2OC1c1ccc(O)c(O)c1)c1cc(O)c(O)c(O)c1. The highest BCUT2D eigenvalue weighted by atomic mass is 16.6. The van der Waals surface area contributed by atoms with Crippen molar-refractivity contribution >= 4 is 93.5 Å². The molecule has 8 amide bonds. The summed E-state index contributed by atoms with van der Waals surface area (Å²) in [5.74, 6) is -19.3. The number of nitrogen functional groups attached to an aromatic ring is 1. The van der Waals surface area contributed by atoms with Gasteiger partial charge in [-0.1, -0.05) is 80.4 Å². The van der Waals surface area contributed by atoms with E-state index in [-0.39, 0.29) is 74.2 Å². The maximum absolute atomic E-state index is 15.2. The summed E-state index contributed by atoms with van der Waals surface area (Å²) < 4.78 is 29.7. The highest BCUT2D eigenvalue weighted by Gasteiger charge is 2.49. The molecule has 122 heavy (non-hydrogen) atoms. The first kappa shape index (κ1) is 91.5. The molecule has 2 saturated carbocycles. The summed E-state index contributed by atoms with van der Waals surface area (Å²) in [5, 5.41) is 79.0. The second-order valence-electron chi connectivity index (χ2n) is 33.5. The number of nitrogens with zero attached hydrogens (tertiary/aromatic N) is 5. The van der Waals surface area contributed by atoms with Crippen LogP contribution in [0.3, 0.4) is 0 Å². The number of hydrogen-bond acceptors (Lipinski definition) is 28. The minimum absolute atomic E-state index is 0.0461. The minimum Gasteiger partial charge on any atom is -0.508 e. The van der Waals surface area contributed by atoms with E-state index < -0.39 is 238 Å². The number of carbonyl (C=O) groups is 13. The van der Waals surface area contributed by atoms with Crippen LogP contribution in [-0.2, 0) is 68.6 Å². The predicted octanol–water partition coefficient (Wildman–Crippen LogP) is 5.24. The fraction of sp³-hybridized carbons (Fsp3) is 0.500. The van der Waals surface area contributed by atoms with Crippen molar-refractivity contribution in [2.75, 3.05) is 47.0 Å². The molecule has 0 aromatic heterocycles. The molecule has 4 aliphatic heterocycles. The van der Waals surface area contributed by atoms with Crippen molar-refractivity contribution in [1.29, 1.82) is 0 Å².